The van der Waals surface area contributed by atoms with Gasteiger partial charge in [0.15, 0.2) is 11.0 Å². The summed E-state index contributed by atoms with van der Waals surface area (Å²) in [5, 5.41) is 15.8. The van der Waals surface area contributed by atoms with E-state index in [-0.39, 0.29) is 29.2 Å². The SMILES string of the molecule is Cc1nn(-c2ccc(Cl)nn2)c2c1[C@@H](c1cccc(OCc3ccc(F)cc3)c1)CC(=O)N2. The summed E-state index contributed by atoms with van der Waals surface area (Å²) >= 11 is 5.86. The van der Waals surface area contributed by atoms with Gasteiger partial charge in [0.25, 0.3) is 0 Å². The van der Waals surface area contributed by atoms with Crippen molar-refractivity contribution in [1.82, 2.24) is 20.0 Å². The Hall–Kier alpha value is -3.78. The van der Waals surface area contributed by atoms with E-state index in [1.54, 1.807) is 28.9 Å². The third-order valence-electron chi connectivity index (χ3n) is 5.52. The van der Waals surface area contributed by atoms with Crippen LogP contribution in [0, 0.1) is 12.7 Å². The molecule has 0 saturated carbocycles. The number of anilines is 1. The number of rotatable bonds is 5. The molecule has 9 heteroatoms. The molecule has 1 aliphatic rings. The van der Waals surface area contributed by atoms with Crippen LogP contribution in [0.3, 0.4) is 0 Å². The Morgan fingerprint density at radius 2 is 1.97 bits per heavy atom. The highest BCUT2D eigenvalue weighted by atomic mass is 35.5. The van der Waals surface area contributed by atoms with Crippen molar-refractivity contribution in [3.05, 3.63) is 94.0 Å². The summed E-state index contributed by atoms with van der Waals surface area (Å²) in [6.45, 7) is 2.21. The molecule has 1 atom stereocenters. The third kappa shape index (κ3) is 4.29. The Labute approximate surface area is 194 Å². The van der Waals surface area contributed by atoms with Crippen LogP contribution in [0.15, 0.2) is 60.7 Å². The Balaban J connectivity index is 1.46. The Bertz CT molecular complexity index is 1320. The fourth-order valence-corrected chi connectivity index (χ4v) is 4.09. The lowest BCUT2D eigenvalue weighted by atomic mass is 9.86. The normalized spacial score (nSPS) is 15.1. The molecule has 2 aromatic heterocycles. The van der Waals surface area contributed by atoms with Crippen LogP contribution in [0.2, 0.25) is 5.15 Å². The largest absolute Gasteiger partial charge is 0.489 e. The van der Waals surface area contributed by atoms with Crippen molar-refractivity contribution in [2.45, 2.75) is 25.9 Å². The van der Waals surface area contributed by atoms with E-state index in [4.69, 9.17) is 16.3 Å². The van der Waals surface area contributed by atoms with E-state index in [1.807, 2.05) is 31.2 Å². The van der Waals surface area contributed by atoms with Crippen molar-refractivity contribution in [2.24, 2.45) is 0 Å². The number of benzene rings is 2. The van der Waals surface area contributed by atoms with Crippen LogP contribution in [-0.2, 0) is 11.4 Å². The van der Waals surface area contributed by atoms with Gasteiger partial charge in [-0.2, -0.15) is 9.78 Å². The van der Waals surface area contributed by atoms with Gasteiger partial charge in [-0.25, -0.2) is 4.39 Å². The summed E-state index contributed by atoms with van der Waals surface area (Å²) < 4.78 is 20.6. The monoisotopic (exact) mass is 463 g/mol. The van der Waals surface area contributed by atoms with Crippen molar-refractivity contribution < 1.29 is 13.9 Å². The minimum absolute atomic E-state index is 0.117. The second kappa shape index (κ2) is 8.63. The molecule has 0 fully saturated rings. The number of nitrogens with one attached hydrogen (secondary N) is 1. The second-order valence-electron chi connectivity index (χ2n) is 7.77. The van der Waals surface area contributed by atoms with E-state index in [9.17, 15) is 9.18 Å². The molecule has 1 aliphatic heterocycles. The molecular formula is C24H19ClFN5O2. The molecule has 33 heavy (non-hydrogen) atoms. The molecule has 0 unspecified atom stereocenters. The molecule has 0 radical (unpaired) electrons. The number of hydrogen-bond acceptors (Lipinski definition) is 5. The predicted molar refractivity (Wildman–Crippen MR) is 121 cm³/mol. The van der Waals surface area contributed by atoms with E-state index in [0.29, 0.717) is 24.0 Å². The topological polar surface area (TPSA) is 81.9 Å². The number of carbonyl (C=O) groups excluding carboxylic acids is 1. The second-order valence-corrected chi connectivity index (χ2v) is 8.15. The maximum absolute atomic E-state index is 13.1. The van der Waals surface area contributed by atoms with Gasteiger partial charge in [-0.15, -0.1) is 10.2 Å². The van der Waals surface area contributed by atoms with Crippen molar-refractivity contribution in [3.63, 3.8) is 0 Å². The lowest BCUT2D eigenvalue weighted by Gasteiger charge is -2.24. The molecule has 166 valence electrons. The van der Waals surface area contributed by atoms with Gasteiger partial charge in [-0.05, 0) is 54.4 Å². The molecule has 4 aromatic rings. The summed E-state index contributed by atoms with van der Waals surface area (Å²) in [5.41, 5.74) is 3.50. The van der Waals surface area contributed by atoms with Crippen LogP contribution in [0.4, 0.5) is 10.2 Å². The van der Waals surface area contributed by atoms with Crippen LogP contribution in [0.1, 0.15) is 34.7 Å². The van der Waals surface area contributed by atoms with Gasteiger partial charge in [0.05, 0.1) is 5.69 Å². The Morgan fingerprint density at radius 3 is 2.73 bits per heavy atom. The molecule has 0 saturated heterocycles. The number of halogens is 2. The quantitative estimate of drug-likeness (QED) is 0.459. The van der Waals surface area contributed by atoms with Crippen molar-refractivity contribution in [3.8, 4) is 11.6 Å². The molecule has 5 rings (SSSR count). The summed E-state index contributed by atoms with van der Waals surface area (Å²) in [4.78, 5) is 12.6. The Kier molecular flexibility index (Phi) is 5.51. The van der Waals surface area contributed by atoms with E-state index >= 15 is 0 Å². The maximum atomic E-state index is 13.1. The molecule has 0 aliphatic carbocycles. The third-order valence-corrected chi connectivity index (χ3v) is 5.72. The molecule has 7 nitrogen and oxygen atoms in total. The summed E-state index contributed by atoms with van der Waals surface area (Å²) in [6.07, 6.45) is 0.285. The van der Waals surface area contributed by atoms with Crippen molar-refractivity contribution >= 4 is 23.3 Å². The van der Waals surface area contributed by atoms with Crippen molar-refractivity contribution in [2.75, 3.05) is 5.32 Å². The highest BCUT2D eigenvalue weighted by molar-refractivity contribution is 6.29. The van der Waals surface area contributed by atoms with Crippen LogP contribution in [0.25, 0.3) is 5.82 Å². The molecule has 1 amide bonds. The lowest BCUT2D eigenvalue weighted by molar-refractivity contribution is -0.116. The van der Waals surface area contributed by atoms with Crippen LogP contribution in [-0.4, -0.2) is 25.9 Å². The first-order valence-electron chi connectivity index (χ1n) is 10.3. The molecule has 0 bridgehead atoms. The summed E-state index contributed by atoms with van der Waals surface area (Å²) in [6, 6.07) is 17.2. The fourth-order valence-electron chi connectivity index (χ4n) is 3.99. The number of hydrogen-bond donors (Lipinski definition) is 1. The molecule has 2 aromatic carbocycles. The highest BCUT2D eigenvalue weighted by Gasteiger charge is 2.33. The van der Waals surface area contributed by atoms with Gasteiger partial charge >= 0.3 is 0 Å². The Morgan fingerprint density at radius 1 is 1.15 bits per heavy atom. The molecule has 1 N–H and O–H groups in total. The number of amides is 1. The van der Waals surface area contributed by atoms with Gasteiger partial charge in [0.2, 0.25) is 5.91 Å². The maximum Gasteiger partial charge on any atom is 0.226 e. The summed E-state index contributed by atoms with van der Waals surface area (Å²) in [7, 11) is 0. The van der Waals surface area contributed by atoms with Gasteiger partial charge in [-0.1, -0.05) is 35.9 Å². The number of carbonyl (C=O) groups is 1. The predicted octanol–water partition coefficient (Wildman–Crippen LogP) is 4.82. The van der Waals surface area contributed by atoms with Gasteiger partial charge in [0.1, 0.15) is 24.0 Å². The van der Waals surface area contributed by atoms with Gasteiger partial charge in [-0.3, -0.25) is 4.79 Å². The van der Waals surface area contributed by atoms with Crippen LogP contribution < -0.4 is 10.1 Å². The molecular weight excluding hydrogens is 445 g/mol. The first-order valence-corrected chi connectivity index (χ1v) is 10.7. The van der Waals surface area contributed by atoms with Crippen LogP contribution >= 0.6 is 11.6 Å². The minimum atomic E-state index is -0.285. The first kappa shape index (κ1) is 21.1. The first-order chi connectivity index (χ1) is 16.0. The molecule has 0 spiro atoms. The highest BCUT2D eigenvalue weighted by Crippen LogP contribution is 2.40. The van der Waals surface area contributed by atoms with E-state index in [0.717, 1.165) is 22.4 Å². The van der Waals surface area contributed by atoms with Gasteiger partial charge in [0, 0.05) is 17.9 Å². The van der Waals surface area contributed by atoms with Gasteiger partial charge < -0.3 is 10.1 Å². The van der Waals surface area contributed by atoms with E-state index in [2.05, 4.69) is 20.6 Å². The number of aromatic nitrogens is 4. The molecule has 3 heterocycles. The smallest absolute Gasteiger partial charge is 0.226 e. The average molecular weight is 464 g/mol. The number of nitrogens with zero attached hydrogens (tertiary/aromatic N) is 4. The van der Waals surface area contributed by atoms with E-state index in [1.165, 1.54) is 12.1 Å². The fraction of sp³-hybridized carbons (Fsp3) is 0.167. The average Bonchev–Trinajstić information content (AvgIpc) is 3.15. The lowest BCUT2D eigenvalue weighted by Crippen LogP contribution is -2.25. The number of aryl methyl sites for hydroxylation is 1. The zero-order chi connectivity index (χ0) is 22.9. The van der Waals surface area contributed by atoms with Crippen LogP contribution in [0.5, 0.6) is 5.75 Å². The standard InChI is InChI=1S/C24H19ClFN5O2/c1-14-23-19(12-22(32)27-24(23)31(30-14)21-10-9-20(25)28-29-21)16-3-2-4-18(11-16)33-13-15-5-7-17(26)8-6-15/h2-11,19H,12-13H2,1H3,(H,27,32)/t19-/m1/s1. The van der Waals surface area contributed by atoms with Crippen molar-refractivity contribution in [1.29, 1.82) is 0 Å². The zero-order valence-corrected chi connectivity index (χ0v) is 18.4. The zero-order valence-electron chi connectivity index (χ0n) is 17.6. The number of ether oxygens (including phenoxy) is 1. The summed E-state index contributed by atoms with van der Waals surface area (Å²) in [5.74, 6) is 1.10. The number of fused-ring (bicyclic) bond motifs is 1. The minimum Gasteiger partial charge on any atom is -0.489 e. The van der Waals surface area contributed by atoms with E-state index < -0.39 is 0 Å².